The van der Waals surface area contributed by atoms with Crippen molar-refractivity contribution < 1.29 is 14.3 Å². The molecule has 1 aliphatic heterocycles. The van der Waals surface area contributed by atoms with E-state index >= 15 is 0 Å². The van der Waals surface area contributed by atoms with Crippen LogP contribution < -0.4 is 4.74 Å². The number of rotatable bonds is 5. The Morgan fingerprint density at radius 3 is 2.31 bits per heavy atom. The van der Waals surface area contributed by atoms with Gasteiger partial charge in [-0.15, -0.1) is 0 Å². The van der Waals surface area contributed by atoms with Crippen molar-refractivity contribution in [1.82, 2.24) is 4.90 Å². The first-order chi connectivity index (χ1) is 12.3. The van der Waals surface area contributed by atoms with Gasteiger partial charge < -0.3 is 4.74 Å². The number of ether oxygens (including phenoxy) is 1. The summed E-state index contributed by atoms with van der Waals surface area (Å²) in [7, 11) is 1.61. The van der Waals surface area contributed by atoms with E-state index in [4.69, 9.17) is 4.74 Å². The molecule has 3 rings (SSSR count). The van der Waals surface area contributed by atoms with Crippen LogP contribution in [0.25, 0.3) is 0 Å². The van der Waals surface area contributed by atoms with Crippen LogP contribution in [-0.2, 0) is 16.1 Å². The minimum Gasteiger partial charge on any atom is -0.497 e. The van der Waals surface area contributed by atoms with E-state index in [1.54, 1.807) is 7.11 Å². The average molecular weight is 416 g/mol. The van der Waals surface area contributed by atoms with Crippen molar-refractivity contribution in [2.45, 2.75) is 32.7 Å². The van der Waals surface area contributed by atoms with Crippen LogP contribution in [0.15, 0.2) is 53.0 Å². The van der Waals surface area contributed by atoms with Gasteiger partial charge in [0.05, 0.1) is 19.1 Å². The molecule has 1 saturated heterocycles. The topological polar surface area (TPSA) is 46.6 Å². The third-order valence-electron chi connectivity index (χ3n) is 5.38. The van der Waals surface area contributed by atoms with Gasteiger partial charge in [-0.3, -0.25) is 14.5 Å². The SMILES string of the molecule is COc1ccc(CN2C(=O)C[C@@](C)([C@H](C)c3ccc(Br)cc3)C2=O)cc1. The Balaban J connectivity index is 1.81. The Hall–Kier alpha value is -2.14. The van der Waals surface area contributed by atoms with Gasteiger partial charge in [-0.1, -0.05) is 47.1 Å². The number of hydrogen-bond acceptors (Lipinski definition) is 3. The van der Waals surface area contributed by atoms with Gasteiger partial charge in [0.25, 0.3) is 0 Å². The van der Waals surface area contributed by atoms with E-state index in [1.165, 1.54) is 4.90 Å². The van der Waals surface area contributed by atoms with E-state index in [-0.39, 0.29) is 24.2 Å². The number of hydrogen-bond donors (Lipinski definition) is 0. The van der Waals surface area contributed by atoms with Crippen molar-refractivity contribution in [2.24, 2.45) is 5.41 Å². The number of imide groups is 1. The number of amides is 2. The van der Waals surface area contributed by atoms with Gasteiger partial charge in [0.1, 0.15) is 5.75 Å². The molecule has 1 heterocycles. The minimum atomic E-state index is -0.725. The Morgan fingerprint density at radius 1 is 1.12 bits per heavy atom. The summed E-state index contributed by atoms with van der Waals surface area (Å²) in [5.74, 6) is 0.487. The van der Waals surface area contributed by atoms with Gasteiger partial charge in [-0.2, -0.15) is 0 Å². The summed E-state index contributed by atoms with van der Waals surface area (Å²) >= 11 is 3.43. The summed E-state index contributed by atoms with van der Waals surface area (Å²) in [6.07, 6.45) is 0.235. The number of methoxy groups -OCH3 is 1. The molecule has 2 amide bonds. The predicted octanol–water partition coefficient (Wildman–Crippen LogP) is 4.53. The third-order valence-corrected chi connectivity index (χ3v) is 5.91. The summed E-state index contributed by atoms with van der Waals surface area (Å²) in [4.78, 5) is 27.1. The van der Waals surface area contributed by atoms with Gasteiger partial charge >= 0.3 is 0 Å². The molecule has 136 valence electrons. The molecule has 2 aromatic carbocycles. The van der Waals surface area contributed by atoms with Crippen LogP contribution in [0.1, 0.15) is 37.3 Å². The minimum absolute atomic E-state index is 0.0482. The highest BCUT2D eigenvalue weighted by atomic mass is 79.9. The molecule has 4 nitrogen and oxygen atoms in total. The molecule has 0 aromatic heterocycles. The molecule has 0 bridgehead atoms. The van der Waals surface area contributed by atoms with Crippen LogP contribution in [0.3, 0.4) is 0 Å². The summed E-state index contributed by atoms with van der Waals surface area (Å²) in [6.45, 7) is 4.21. The Labute approximate surface area is 162 Å². The Morgan fingerprint density at radius 2 is 1.73 bits per heavy atom. The van der Waals surface area contributed by atoms with Crippen LogP contribution in [0.5, 0.6) is 5.75 Å². The zero-order valence-electron chi connectivity index (χ0n) is 15.2. The van der Waals surface area contributed by atoms with Gasteiger partial charge in [-0.25, -0.2) is 0 Å². The molecule has 0 N–H and O–H groups in total. The Kier molecular flexibility index (Phi) is 5.19. The summed E-state index contributed by atoms with van der Waals surface area (Å²) in [5.41, 5.74) is 1.24. The molecule has 0 unspecified atom stereocenters. The highest BCUT2D eigenvalue weighted by Crippen LogP contribution is 2.45. The first-order valence-corrected chi connectivity index (χ1v) is 9.37. The lowest BCUT2D eigenvalue weighted by Gasteiger charge is -2.29. The molecule has 26 heavy (non-hydrogen) atoms. The molecule has 2 aromatic rings. The van der Waals surface area contributed by atoms with Crippen molar-refractivity contribution >= 4 is 27.7 Å². The first kappa shape index (κ1) is 18.6. The van der Waals surface area contributed by atoms with Crippen LogP contribution in [0.4, 0.5) is 0 Å². The third kappa shape index (κ3) is 3.40. The van der Waals surface area contributed by atoms with E-state index in [9.17, 15) is 9.59 Å². The van der Waals surface area contributed by atoms with Crippen LogP contribution in [0, 0.1) is 5.41 Å². The van der Waals surface area contributed by atoms with Gasteiger partial charge in [0.15, 0.2) is 0 Å². The zero-order chi connectivity index (χ0) is 18.9. The summed E-state index contributed by atoms with van der Waals surface area (Å²) in [6, 6.07) is 15.4. The number of carbonyl (C=O) groups is 2. The van der Waals surface area contributed by atoms with Crippen molar-refractivity contribution in [1.29, 1.82) is 0 Å². The predicted molar refractivity (Wildman–Crippen MR) is 104 cm³/mol. The lowest BCUT2D eigenvalue weighted by atomic mass is 9.73. The maximum atomic E-state index is 13.1. The molecule has 2 atom stereocenters. The van der Waals surface area contributed by atoms with E-state index in [2.05, 4.69) is 15.9 Å². The fraction of sp³-hybridized carbons (Fsp3) is 0.333. The lowest BCUT2D eigenvalue weighted by molar-refractivity contribution is -0.142. The van der Waals surface area contributed by atoms with Gasteiger partial charge in [-0.05, 0) is 48.2 Å². The summed E-state index contributed by atoms with van der Waals surface area (Å²) in [5, 5.41) is 0. The summed E-state index contributed by atoms with van der Waals surface area (Å²) < 4.78 is 6.15. The standard InChI is InChI=1S/C21H22BrNO3/c1-14(16-6-8-17(22)9-7-16)21(2)12-19(24)23(20(21)25)13-15-4-10-18(26-3)11-5-15/h4-11,14H,12-13H2,1-3H3/t14-,21+/m1/s1. The number of nitrogens with zero attached hydrogens (tertiary/aromatic N) is 1. The van der Waals surface area contributed by atoms with Crippen molar-refractivity contribution in [2.75, 3.05) is 7.11 Å². The maximum Gasteiger partial charge on any atom is 0.236 e. The fourth-order valence-electron chi connectivity index (χ4n) is 3.44. The fourth-order valence-corrected chi connectivity index (χ4v) is 3.70. The second-order valence-electron chi connectivity index (χ2n) is 7.00. The monoisotopic (exact) mass is 415 g/mol. The molecular formula is C21H22BrNO3. The highest BCUT2D eigenvalue weighted by molar-refractivity contribution is 9.10. The molecule has 5 heteroatoms. The smallest absolute Gasteiger partial charge is 0.236 e. The number of halogens is 1. The van der Waals surface area contributed by atoms with Crippen LogP contribution in [-0.4, -0.2) is 23.8 Å². The van der Waals surface area contributed by atoms with E-state index < -0.39 is 5.41 Å². The second kappa shape index (κ2) is 7.23. The van der Waals surface area contributed by atoms with Crippen molar-refractivity contribution in [3.05, 3.63) is 64.1 Å². The van der Waals surface area contributed by atoms with Crippen molar-refractivity contribution in [3.63, 3.8) is 0 Å². The number of likely N-dealkylation sites (tertiary alicyclic amines) is 1. The van der Waals surface area contributed by atoms with E-state index in [0.29, 0.717) is 6.54 Å². The largest absolute Gasteiger partial charge is 0.497 e. The number of carbonyl (C=O) groups excluding carboxylic acids is 2. The maximum absolute atomic E-state index is 13.1. The second-order valence-corrected chi connectivity index (χ2v) is 7.92. The Bertz CT molecular complexity index is 816. The van der Waals surface area contributed by atoms with Crippen molar-refractivity contribution in [3.8, 4) is 5.75 Å². The molecule has 0 spiro atoms. The average Bonchev–Trinajstić information content (AvgIpc) is 2.86. The van der Waals surface area contributed by atoms with Crippen LogP contribution in [0.2, 0.25) is 0 Å². The normalized spacial score (nSPS) is 21.2. The molecular weight excluding hydrogens is 394 g/mol. The zero-order valence-corrected chi connectivity index (χ0v) is 16.7. The molecule has 0 radical (unpaired) electrons. The highest BCUT2D eigenvalue weighted by Gasteiger charge is 2.51. The quantitative estimate of drug-likeness (QED) is 0.673. The molecule has 0 aliphatic carbocycles. The first-order valence-electron chi connectivity index (χ1n) is 8.58. The van der Waals surface area contributed by atoms with Gasteiger partial charge in [0, 0.05) is 10.9 Å². The number of benzene rings is 2. The molecule has 0 saturated carbocycles. The van der Waals surface area contributed by atoms with E-state index in [1.807, 2.05) is 62.4 Å². The van der Waals surface area contributed by atoms with Gasteiger partial charge in [0.2, 0.25) is 11.8 Å². The van der Waals surface area contributed by atoms with E-state index in [0.717, 1.165) is 21.3 Å². The molecule has 1 fully saturated rings. The molecule has 1 aliphatic rings. The van der Waals surface area contributed by atoms with Crippen LogP contribution >= 0.6 is 15.9 Å². The lowest BCUT2D eigenvalue weighted by Crippen LogP contribution is -2.36.